The molecule has 416 valence electrons. The van der Waals surface area contributed by atoms with Crippen molar-refractivity contribution in [1.82, 2.24) is 5.32 Å². The molecule has 0 spiro atoms. The van der Waals surface area contributed by atoms with Crippen molar-refractivity contribution in [2.45, 2.75) is 373 Å². The van der Waals surface area contributed by atoms with Crippen LogP contribution in [0.1, 0.15) is 361 Å². The Balaban J connectivity index is 3.41. The van der Waals surface area contributed by atoms with Crippen LogP contribution >= 0.6 is 0 Å². The van der Waals surface area contributed by atoms with Gasteiger partial charge in [0, 0.05) is 12.8 Å². The molecule has 0 aliphatic carbocycles. The van der Waals surface area contributed by atoms with Crippen LogP contribution in [0.15, 0.2) is 12.2 Å². The van der Waals surface area contributed by atoms with Crippen molar-refractivity contribution in [2.75, 3.05) is 13.2 Å². The number of hydrogen-bond donors (Lipinski definition) is 3. The SMILES string of the molecule is CCCCCCC/C=C\CCCCCCCC(=O)OCCCCCCCCCCCCCCCCCCCC(=O)NC(CO)C(O)CCCCCCCCCCCCCCCCCCCCCCCC. The lowest BCUT2D eigenvalue weighted by Crippen LogP contribution is -2.45. The molecule has 0 saturated heterocycles. The topological polar surface area (TPSA) is 95.9 Å². The van der Waals surface area contributed by atoms with Crippen LogP contribution in [0.3, 0.4) is 0 Å². The Hall–Kier alpha value is -1.40. The molecule has 70 heavy (non-hydrogen) atoms. The summed E-state index contributed by atoms with van der Waals surface area (Å²) >= 11 is 0. The predicted octanol–water partition coefficient (Wildman–Crippen LogP) is 20.0. The standard InChI is InChI=1S/C64H125NO5/c1-3-5-7-9-11-13-15-17-19-20-21-22-23-24-26-29-32-36-40-44-48-52-56-62(67)61(60-66)65-63(68)57-53-49-45-41-37-33-30-27-25-28-31-35-39-43-47-51-55-59-70-64(69)58-54-50-46-42-38-34-18-16-14-12-10-8-6-4-2/h16,18,61-62,66-67H,3-15,17,19-60H2,1-2H3,(H,65,68)/b18-16-. The number of aliphatic hydroxyl groups excluding tert-OH is 2. The molecule has 0 fully saturated rings. The molecule has 0 saturated carbocycles. The minimum absolute atomic E-state index is 0.00200. The second kappa shape index (κ2) is 60.2. The van der Waals surface area contributed by atoms with Gasteiger partial charge in [-0.2, -0.15) is 0 Å². The number of amides is 1. The number of allylic oxidation sites excluding steroid dienone is 2. The van der Waals surface area contributed by atoms with E-state index in [0.717, 1.165) is 44.9 Å². The van der Waals surface area contributed by atoms with Crippen LogP contribution in [0, 0.1) is 0 Å². The van der Waals surface area contributed by atoms with Gasteiger partial charge in [0.2, 0.25) is 5.91 Å². The molecule has 0 heterocycles. The highest BCUT2D eigenvalue weighted by molar-refractivity contribution is 5.76. The van der Waals surface area contributed by atoms with Gasteiger partial charge >= 0.3 is 5.97 Å². The number of rotatable bonds is 60. The first-order chi connectivity index (χ1) is 34.5. The average molecular weight is 989 g/mol. The second-order valence-corrected chi connectivity index (χ2v) is 22.1. The molecule has 0 aliphatic heterocycles. The molecular formula is C64H125NO5. The number of carbonyl (C=O) groups is 2. The zero-order valence-corrected chi connectivity index (χ0v) is 47.5. The summed E-state index contributed by atoms with van der Waals surface area (Å²) in [7, 11) is 0. The van der Waals surface area contributed by atoms with Crippen LogP contribution in [-0.2, 0) is 14.3 Å². The summed E-state index contributed by atoms with van der Waals surface area (Å²) in [6, 6.07) is -0.546. The Kier molecular flexibility index (Phi) is 59.0. The largest absolute Gasteiger partial charge is 0.466 e. The smallest absolute Gasteiger partial charge is 0.305 e. The van der Waals surface area contributed by atoms with Gasteiger partial charge in [-0.3, -0.25) is 9.59 Å². The highest BCUT2D eigenvalue weighted by Gasteiger charge is 2.20. The van der Waals surface area contributed by atoms with Crippen molar-refractivity contribution in [3.8, 4) is 0 Å². The molecule has 0 bridgehead atoms. The summed E-state index contributed by atoms with van der Waals surface area (Å²) in [5.41, 5.74) is 0. The van der Waals surface area contributed by atoms with Crippen molar-refractivity contribution in [1.29, 1.82) is 0 Å². The molecule has 3 N–H and O–H groups in total. The second-order valence-electron chi connectivity index (χ2n) is 22.1. The quantitative estimate of drug-likeness (QED) is 0.0321. The number of esters is 1. The third-order valence-corrected chi connectivity index (χ3v) is 15.1. The fourth-order valence-electron chi connectivity index (χ4n) is 10.2. The van der Waals surface area contributed by atoms with E-state index in [4.69, 9.17) is 4.74 Å². The first-order valence-corrected chi connectivity index (χ1v) is 31.9. The van der Waals surface area contributed by atoms with Gasteiger partial charge in [0.25, 0.3) is 0 Å². The monoisotopic (exact) mass is 988 g/mol. The maximum absolute atomic E-state index is 12.5. The first-order valence-electron chi connectivity index (χ1n) is 31.9. The minimum Gasteiger partial charge on any atom is -0.466 e. The van der Waals surface area contributed by atoms with E-state index >= 15 is 0 Å². The van der Waals surface area contributed by atoms with Crippen LogP contribution < -0.4 is 5.32 Å². The Morgan fingerprint density at radius 1 is 0.386 bits per heavy atom. The predicted molar refractivity (Wildman–Crippen MR) is 306 cm³/mol. The summed E-state index contributed by atoms with van der Waals surface area (Å²) < 4.78 is 5.48. The Labute approximate surface area is 438 Å². The van der Waals surface area contributed by atoms with E-state index in [9.17, 15) is 19.8 Å². The molecule has 6 nitrogen and oxygen atoms in total. The number of ether oxygens (including phenoxy) is 1. The van der Waals surface area contributed by atoms with Gasteiger partial charge < -0.3 is 20.3 Å². The number of aliphatic hydroxyl groups is 2. The zero-order chi connectivity index (χ0) is 50.7. The number of carbonyl (C=O) groups excluding carboxylic acids is 2. The zero-order valence-electron chi connectivity index (χ0n) is 47.5. The first kappa shape index (κ1) is 68.6. The van der Waals surface area contributed by atoms with E-state index < -0.39 is 12.1 Å². The maximum Gasteiger partial charge on any atom is 0.305 e. The molecule has 6 heteroatoms. The molecule has 2 unspecified atom stereocenters. The van der Waals surface area contributed by atoms with Gasteiger partial charge in [-0.15, -0.1) is 0 Å². The van der Waals surface area contributed by atoms with Crippen LogP contribution in [0.4, 0.5) is 0 Å². The lowest BCUT2D eigenvalue weighted by Gasteiger charge is -2.22. The van der Waals surface area contributed by atoms with E-state index in [-0.39, 0.29) is 18.5 Å². The molecule has 1 amide bonds. The van der Waals surface area contributed by atoms with Crippen LogP contribution in [-0.4, -0.2) is 47.4 Å². The van der Waals surface area contributed by atoms with E-state index in [2.05, 4.69) is 31.3 Å². The van der Waals surface area contributed by atoms with Gasteiger partial charge in [0.1, 0.15) is 0 Å². The van der Waals surface area contributed by atoms with Gasteiger partial charge in [-0.25, -0.2) is 0 Å². The average Bonchev–Trinajstić information content (AvgIpc) is 3.36. The Morgan fingerprint density at radius 2 is 0.671 bits per heavy atom. The van der Waals surface area contributed by atoms with E-state index in [0.29, 0.717) is 25.9 Å². The van der Waals surface area contributed by atoms with Crippen LogP contribution in [0.2, 0.25) is 0 Å². The van der Waals surface area contributed by atoms with Crippen molar-refractivity contribution < 1.29 is 24.5 Å². The normalized spacial score (nSPS) is 12.6. The summed E-state index contributed by atoms with van der Waals surface area (Å²) in [5, 5.41) is 23.4. The highest BCUT2D eigenvalue weighted by Crippen LogP contribution is 2.18. The Bertz CT molecular complexity index is 1050. The molecule has 0 radical (unpaired) electrons. The highest BCUT2D eigenvalue weighted by atomic mass is 16.5. The Morgan fingerprint density at radius 3 is 1.01 bits per heavy atom. The van der Waals surface area contributed by atoms with Crippen molar-refractivity contribution in [2.24, 2.45) is 0 Å². The maximum atomic E-state index is 12.5. The summed E-state index contributed by atoms with van der Waals surface area (Å²) in [6.07, 6.45) is 72.2. The summed E-state index contributed by atoms with van der Waals surface area (Å²) in [6.45, 7) is 4.96. The van der Waals surface area contributed by atoms with Gasteiger partial charge in [-0.1, -0.05) is 309 Å². The summed E-state index contributed by atoms with van der Waals surface area (Å²) in [4.78, 5) is 24.6. The minimum atomic E-state index is -0.669. The van der Waals surface area contributed by atoms with Crippen molar-refractivity contribution in [3.05, 3.63) is 12.2 Å². The van der Waals surface area contributed by atoms with E-state index in [1.807, 2.05) is 0 Å². The molecule has 0 rings (SSSR count). The van der Waals surface area contributed by atoms with E-state index in [1.165, 1.54) is 283 Å². The van der Waals surface area contributed by atoms with Crippen molar-refractivity contribution in [3.63, 3.8) is 0 Å². The molecule has 2 atom stereocenters. The third kappa shape index (κ3) is 55.9. The fraction of sp³-hybridized carbons (Fsp3) is 0.938. The van der Waals surface area contributed by atoms with Gasteiger partial charge in [-0.05, 0) is 51.4 Å². The molecule has 0 aromatic heterocycles. The number of unbranched alkanes of at least 4 members (excludes halogenated alkanes) is 47. The molecule has 0 aromatic carbocycles. The molecule has 0 aliphatic rings. The van der Waals surface area contributed by atoms with E-state index in [1.54, 1.807) is 0 Å². The van der Waals surface area contributed by atoms with Crippen LogP contribution in [0.25, 0.3) is 0 Å². The molecule has 0 aromatic rings. The van der Waals surface area contributed by atoms with Crippen LogP contribution in [0.5, 0.6) is 0 Å². The summed E-state index contributed by atoms with van der Waals surface area (Å²) in [5.74, 6) is -0.0382. The number of nitrogens with one attached hydrogen (secondary N) is 1. The fourth-order valence-corrected chi connectivity index (χ4v) is 10.2. The van der Waals surface area contributed by atoms with Gasteiger partial charge in [0.05, 0.1) is 25.4 Å². The molecular weight excluding hydrogens is 863 g/mol. The third-order valence-electron chi connectivity index (χ3n) is 15.1. The van der Waals surface area contributed by atoms with Crippen molar-refractivity contribution >= 4 is 11.9 Å². The van der Waals surface area contributed by atoms with Gasteiger partial charge in [0.15, 0.2) is 0 Å². The lowest BCUT2D eigenvalue weighted by molar-refractivity contribution is -0.143. The lowest BCUT2D eigenvalue weighted by atomic mass is 10.0. The number of hydrogen-bond acceptors (Lipinski definition) is 5.